The number of sulfone groups is 1. The number of hydrogen-bond acceptors (Lipinski definition) is 6. The number of benzene rings is 1. The van der Waals surface area contributed by atoms with Crippen LogP contribution in [0.3, 0.4) is 0 Å². The molecule has 1 aromatic rings. The summed E-state index contributed by atoms with van der Waals surface area (Å²) < 4.78 is 24.5. The largest absolute Gasteiger partial charge is 0.362 e. The lowest BCUT2D eigenvalue weighted by Crippen LogP contribution is -2.58. The Labute approximate surface area is 171 Å². The van der Waals surface area contributed by atoms with Crippen molar-refractivity contribution in [1.82, 2.24) is 10.6 Å². The standard InChI is InChI=1S/C21H26N4O3S/c1-6-21(13-8-7-9-14(10-13)29(5,27)28)16-12(2)24-25-18(16)22-15-11-20(3,4)23-19(26)17(15)21/h7-10,18,22H,6,11H2,1-5H3,(H,23,26)/t18?,21-/m0/s1. The van der Waals surface area contributed by atoms with Gasteiger partial charge in [-0.1, -0.05) is 19.1 Å². The maximum atomic E-state index is 13.4. The first-order valence-electron chi connectivity index (χ1n) is 9.75. The van der Waals surface area contributed by atoms with Gasteiger partial charge in [-0.15, -0.1) is 0 Å². The van der Waals surface area contributed by atoms with E-state index in [0.717, 1.165) is 22.5 Å². The van der Waals surface area contributed by atoms with Gasteiger partial charge in [0.15, 0.2) is 16.0 Å². The van der Waals surface area contributed by atoms with Crippen molar-refractivity contribution in [3.8, 4) is 0 Å². The lowest BCUT2D eigenvalue weighted by Gasteiger charge is -2.48. The minimum atomic E-state index is -3.39. The van der Waals surface area contributed by atoms with Gasteiger partial charge < -0.3 is 10.6 Å². The summed E-state index contributed by atoms with van der Waals surface area (Å²) in [4.78, 5) is 13.6. The second-order valence-corrected chi connectivity index (χ2v) is 10.7. The van der Waals surface area contributed by atoms with Crippen LogP contribution in [0.1, 0.15) is 46.1 Å². The Morgan fingerprint density at radius 2 is 2.00 bits per heavy atom. The molecule has 3 aliphatic rings. The first kappa shape index (κ1) is 19.8. The van der Waals surface area contributed by atoms with Gasteiger partial charge in [-0.05, 0) is 44.9 Å². The van der Waals surface area contributed by atoms with Crippen LogP contribution in [-0.4, -0.2) is 32.3 Å². The van der Waals surface area contributed by atoms with Crippen LogP contribution < -0.4 is 10.6 Å². The predicted molar refractivity (Wildman–Crippen MR) is 110 cm³/mol. The predicted octanol–water partition coefficient (Wildman–Crippen LogP) is 2.96. The molecule has 0 radical (unpaired) electrons. The Morgan fingerprint density at radius 1 is 1.28 bits per heavy atom. The van der Waals surface area contributed by atoms with Crippen molar-refractivity contribution in [3.05, 3.63) is 52.4 Å². The minimum Gasteiger partial charge on any atom is -0.362 e. The highest BCUT2D eigenvalue weighted by Gasteiger charge is 2.54. The van der Waals surface area contributed by atoms with E-state index in [-0.39, 0.29) is 22.5 Å². The van der Waals surface area contributed by atoms with Gasteiger partial charge in [-0.25, -0.2) is 8.42 Å². The first-order valence-corrected chi connectivity index (χ1v) is 11.6. The molecule has 2 atom stereocenters. The average molecular weight is 415 g/mol. The molecule has 29 heavy (non-hydrogen) atoms. The Kier molecular flexibility index (Phi) is 4.28. The van der Waals surface area contributed by atoms with E-state index in [0.29, 0.717) is 18.4 Å². The van der Waals surface area contributed by atoms with E-state index >= 15 is 0 Å². The Morgan fingerprint density at radius 3 is 2.66 bits per heavy atom. The summed E-state index contributed by atoms with van der Waals surface area (Å²) in [6, 6.07) is 6.92. The summed E-state index contributed by atoms with van der Waals surface area (Å²) in [5, 5.41) is 15.2. The molecule has 0 aromatic heterocycles. The number of allylic oxidation sites excluding steroid dienone is 1. The molecule has 0 fully saturated rings. The normalized spacial score (nSPS) is 28.0. The van der Waals surface area contributed by atoms with Crippen molar-refractivity contribution >= 4 is 15.7 Å². The summed E-state index contributed by atoms with van der Waals surface area (Å²) in [6.07, 6.45) is 2.07. The minimum absolute atomic E-state index is 0.138. The fourth-order valence-electron chi connectivity index (χ4n) is 4.92. The van der Waals surface area contributed by atoms with E-state index in [1.165, 1.54) is 6.26 Å². The number of fused-ring (bicyclic) bond motifs is 1. The summed E-state index contributed by atoms with van der Waals surface area (Å²) in [5.74, 6) is -0.138. The van der Waals surface area contributed by atoms with Crippen LogP contribution >= 0.6 is 0 Å². The van der Waals surface area contributed by atoms with Crippen molar-refractivity contribution in [1.29, 1.82) is 0 Å². The van der Waals surface area contributed by atoms with Crippen LogP contribution in [0.25, 0.3) is 0 Å². The van der Waals surface area contributed by atoms with Crippen LogP contribution in [0.2, 0.25) is 0 Å². The van der Waals surface area contributed by atoms with Gasteiger partial charge in [-0.2, -0.15) is 10.2 Å². The Bertz CT molecular complexity index is 1110. The van der Waals surface area contributed by atoms with Crippen molar-refractivity contribution < 1.29 is 13.2 Å². The molecule has 154 valence electrons. The van der Waals surface area contributed by atoms with Gasteiger partial charge in [0.2, 0.25) is 0 Å². The lowest BCUT2D eigenvalue weighted by molar-refractivity contribution is -0.120. The molecule has 0 saturated carbocycles. The molecule has 3 aliphatic heterocycles. The molecular formula is C21H26N4O3S. The van der Waals surface area contributed by atoms with Crippen LogP contribution in [0, 0.1) is 0 Å². The highest BCUT2D eigenvalue weighted by molar-refractivity contribution is 7.90. The Hall–Kier alpha value is -2.48. The summed E-state index contributed by atoms with van der Waals surface area (Å²) >= 11 is 0. The second kappa shape index (κ2) is 6.26. The number of carbonyl (C=O) groups excluding carboxylic acids is 1. The van der Waals surface area contributed by atoms with Crippen LogP contribution in [0.5, 0.6) is 0 Å². The summed E-state index contributed by atoms with van der Waals surface area (Å²) in [5.41, 5.74) is 2.77. The SMILES string of the molecule is CC[C@@]1(c2cccc(S(C)(=O)=O)c2)C2=C(CC(C)(C)NC2=O)NC2N=NC(C)=C21. The number of rotatable bonds is 3. The number of amides is 1. The first-order chi connectivity index (χ1) is 13.5. The monoisotopic (exact) mass is 414 g/mol. The number of hydrogen-bond donors (Lipinski definition) is 2. The van der Waals surface area contributed by atoms with Gasteiger partial charge >= 0.3 is 0 Å². The van der Waals surface area contributed by atoms with Crippen LogP contribution in [0.4, 0.5) is 0 Å². The smallest absolute Gasteiger partial charge is 0.250 e. The van der Waals surface area contributed by atoms with Crippen molar-refractivity contribution in [3.63, 3.8) is 0 Å². The third-order valence-corrected chi connectivity index (χ3v) is 7.18. The molecule has 2 N–H and O–H groups in total. The van der Waals surface area contributed by atoms with Crippen LogP contribution in [0.15, 0.2) is 61.9 Å². The van der Waals surface area contributed by atoms with Crippen molar-refractivity contribution in [2.24, 2.45) is 10.2 Å². The lowest BCUT2D eigenvalue weighted by atomic mass is 9.61. The van der Waals surface area contributed by atoms with Gasteiger partial charge in [0.05, 0.1) is 21.6 Å². The fourth-order valence-corrected chi connectivity index (χ4v) is 5.58. The molecule has 1 unspecified atom stereocenters. The number of nitrogens with zero attached hydrogens (tertiary/aromatic N) is 2. The van der Waals surface area contributed by atoms with E-state index < -0.39 is 15.3 Å². The molecule has 3 heterocycles. The van der Waals surface area contributed by atoms with E-state index in [2.05, 4.69) is 20.9 Å². The van der Waals surface area contributed by atoms with Gasteiger partial charge in [0.25, 0.3) is 5.91 Å². The highest BCUT2D eigenvalue weighted by Crippen LogP contribution is 2.52. The van der Waals surface area contributed by atoms with Gasteiger partial charge in [0, 0.05) is 29.5 Å². The third kappa shape index (κ3) is 2.92. The Balaban J connectivity index is 2.05. The molecule has 0 spiro atoms. The van der Waals surface area contributed by atoms with E-state index in [1.807, 2.05) is 33.8 Å². The third-order valence-electron chi connectivity index (χ3n) is 6.07. The number of carbonyl (C=O) groups is 1. The zero-order valence-electron chi connectivity index (χ0n) is 17.3. The molecule has 8 heteroatoms. The molecule has 4 rings (SSSR count). The van der Waals surface area contributed by atoms with Gasteiger partial charge in [0.1, 0.15) is 0 Å². The second-order valence-electron chi connectivity index (χ2n) is 8.69. The molecular weight excluding hydrogens is 388 g/mol. The zero-order chi connectivity index (χ0) is 21.2. The number of azo groups is 1. The number of nitrogens with one attached hydrogen (secondary N) is 2. The zero-order valence-corrected chi connectivity index (χ0v) is 18.1. The maximum Gasteiger partial charge on any atom is 0.250 e. The highest BCUT2D eigenvalue weighted by atomic mass is 32.2. The molecule has 1 amide bonds. The molecule has 0 aliphatic carbocycles. The molecule has 1 aromatic carbocycles. The fraction of sp³-hybridized carbons (Fsp3) is 0.476. The quantitative estimate of drug-likeness (QED) is 0.794. The van der Waals surface area contributed by atoms with Crippen molar-refractivity contribution in [2.45, 2.75) is 62.6 Å². The van der Waals surface area contributed by atoms with E-state index in [1.54, 1.807) is 18.2 Å². The molecule has 7 nitrogen and oxygen atoms in total. The maximum absolute atomic E-state index is 13.4. The molecule has 0 saturated heterocycles. The average Bonchev–Trinajstić information content (AvgIpc) is 2.99. The summed E-state index contributed by atoms with van der Waals surface area (Å²) in [7, 11) is -3.39. The van der Waals surface area contributed by atoms with E-state index in [4.69, 9.17) is 0 Å². The van der Waals surface area contributed by atoms with Crippen molar-refractivity contribution in [2.75, 3.05) is 6.26 Å². The van der Waals surface area contributed by atoms with Gasteiger partial charge in [-0.3, -0.25) is 4.79 Å². The van der Waals surface area contributed by atoms with E-state index in [9.17, 15) is 13.2 Å². The topological polar surface area (TPSA) is 100.0 Å². The molecule has 0 bridgehead atoms. The summed E-state index contributed by atoms with van der Waals surface area (Å²) in [6.45, 7) is 7.88. The van der Waals surface area contributed by atoms with Crippen LogP contribution in [-0.2, 0) is 20.0 Å².